The molecule has 0 radical (unpaired) electrons. The van der Waals surface area contributed by atoms with Crippen LogP contribution in [0.2, 0.25) is 5.02 Å². The van der Waals surface area contributed by atoms with Crippen molar-refractivity contribution in [3.8, 4) is 22.8 Å². The maximum absolute atomic E-state index is 9.67. The lowest BCUT2D eigenvalue weighted by Crippen LogP contribution is -2.33. The number of aromatic hydroxyl groups is 1. The summed E-state index contributed by atoms with van der Waals surface area (Å²) in [4.78, 5) is 17.2. The van der Waals surface area contributed by atoms with Crippen molar-refractivity contribution >= 4 is 40.8 Å². The van der Waals surface area contributed by atoms with Crippen LogP contribution < -0.4 is 21.5 Å². The molecule has 1 aliphatic rings. The zero-order chi connectivity index (χ0) is 27.9. The summed E-state index contributed by atoms with van der Waals surface area (Å²) >= 11 is 6.27. The van der Waals surface area contributed by atoms with Crippen LogP contribution in [0.15, 0.2) is 60.0 Å². The molecule has 39 heavy (non-hydrogen) atoms. The molecule has 3 aromatic heterocycles. The molecule has 1 saturated carbocycles. The monoisotopic (exact) mass is 551 g/mol. The first-order valence-corrected chi connectivity index (χ1v) is 12.7. The number of rotatable bonds is 6. The van der Waals surface area contributed by atoms with Crippen molar-refractivity contribution in [2.75, 3.05) is 12.4 Å². The number of hydrogen-bond donors (Lipinski definition) is 5. The molecule has 0 spiro atoms. The normalized spacial score (nSPS) is 17.3. The number of nitrogens with two attached hydrogens (primary N) is 2. The van der Waals surface area contributed by atoms with E-state index in [1.165, 1.54) is 12.1 Å². The van der Waals surface area contributed by atoms with Gasteiger partial charge in [-0.25, -0.2) is 14.5 Å². The molecule has 0 unspecified atom stereocenters. The number of phenols is 1. The molecule has 5 rings (SSSR count). The third-order valence-electron chi connectivity index (χ3n) is 6.48. The van der Waals surface area contributed by atoms with E-state index in [-0.39, 0.29) is 30.1 Å². The van der Waals surface area contributed by atoms with E-state index in [2.05, 4.69) is 26.5 Å². The van der Waals surface area contributed by atoms with Crippen molar-refractivity contribution in [1.82, 2.24) is 14.6 Å². The largest absolute Gasteiger partial charge is 0.508 e. The van der Waals surface area contributed by atoms with Crippen molar-refractivity contribution in [2.24, 2.45) is 16.5 Å². The van der Waals surface area contributed by atoms with Crippen LogP contribution in [0.4, 0.5) is 11.4 Å². The molecule has 7 N–H and O–H groups in total. The number of hydrogen-bond acceptors (Lipinski definition) is 8. The predicted molar refractivity (Wildman–Crippen MR) is 151 cm³/mol. The highest BCUT2D eigenvalue weighted by atomic mass is 35.5. The Kier molecular flexibility index (Phi) is 8.84. The second kappa shape index (κ2) is 12.5. The number of fused-ring (bicyclic) bond motifs is 1. The number of carboxylic acid groups (broad SMARTS) is 1. The van der Waals surface area contributed by atoms with Gasteiger partial charge in [0.15, 0.2) is 0 Å². The first-order valence-electron chi connectivity index (χ1n) is 12.3. The smallest absolute Gasteiger partial charge is 0.290 e. The van der Waals surface area contributed by atoms with Crippen molar-refractivity contribution in [3.05, 3.63) is 65.6 Å². The second-order valence-corrected chi connectivity index (χ2v) is 9.48. The van der Waals surface area contributed by atoms with Gasteiger partial charge in [0, 0.05) is 47.7 Å². The van der Waals surface area contributed by atoms with E-state index in [0.717, 1.165) is 48.0 Å². The fourth-order valence-corrected chi connectivity index (χ4v) is 4.69. The van der Waals surface area contributed by atoms with Gasteiger partial charge in [0.1, 0.15) is 11.6 Å². The van der Waals surface area contributed by atoms with Gasteiger partial charge in [-0.3, -0.25) is 4.79 Å². The number of nitrogens with one attached hydrogen (secondary N) is 1. The van der Waals surface area contributed by atoms with Crippen LogP contribution in [0, 0.1) is 0 Å². The first kappa shape index (κ1) is 27.7. The minimum atomic E-state index is -0.250. The predicted octanol–water partition coefficient (Wildman–Crippen LogP) is 4.18. The Balaban J connectivity index is 0.00000112. The number of halogens is 1. The molecule has 0 atom stereocenters. The van der Waals surface area contributed by atoms with Crippen LogP contribution in [0.25, 0.3) is 16.6 Å². The summed E-state index contributed by atoms with van der Waals surface area (Å²) in [7, 11) is 1.59. The number of methoxy groups -OCH3 is 1. The van der Waals surface area contributed by atoms with E-state index in [0.29, 0.717) is 22.2 Å². The Hall–Kier alpha value is -4.35. The molecule has 4 aromatic rings. The standard InChI is InChI=1S/C26H28ClN7O2.CH2O2/c1-36-24-9-2-15(12-30-24)16-10-23-25(32-18-5-3-17(28)4-6-18)20(13-31-34(23)14-16)26(29)33-22-8-7-19(35)11-21(22)27;2-1-3/h2,7-14,17-18,32,35H,3-6,28H2,1H3,(H2,29,33);1H,(H,2,3). The minimum Gasteiger partial charge on any atom is -0.508 e. The molecule has 0 amide bonds. The van der Waals surface area contributed by atoms with E-state index >= 15 is 0 Å². The fourth-order valence-electron chi connectivity index (χ4n) is 4.48. The summed E-state index contributed by atoms with van der Waals surface area (Å²) in [5, 5.41) is 25.2. The van der Waals surface area contributed by atoms with E-state index < -0.39 is 0 Å². The fraction of sp³-hybridized carbons (Fsp3) is 0.259. The number of phenolic OH excluding ortho intramolecular Hbond substituents is 1. The second-order valence-electron chi connectivity index (χ2n) is 9.08. The highest BCUT2D eigenvalue weighted by Crippen LogP contribution is 2.33. The van der Waals surface area contributed by atoms with Crippen LogP contribution in [0.3, 0.4) is 0 Å². The van der Waals surface area contributed by atoms with Crippen LogP contribution >= 0.6 is 11.6 Å². The van der Waals surface area contributed by atoms with E-state index in [1.807, 2.05) is 22.8 Å². The van der Waals surface area contributed by atoms with E-state index in [4.69, 9.17) is 37.7 Å². The molecule has 0 saturated heterocycles. The number of amidine groups is 1. The third-order valence-corrected chi connectivity index (χ3v) is 6.79. The van der Waals surface area contributed by atoms with Crippen LogP contribution in [0.1, 0.15) is 31.2 Å². The summed E-state index contributed by atoms with van der Waals surface area (Å²) in [6.07, 6.45) is 9.28. The van der Waals surface area contributed by atoms with Crippen molar-refractivity contribution in [3.63, 3.8) is 0 Å². The molecule has 1 aromatic carbocycles. The van der Waals surface area contributed by atoms with Crippen LogP contribution in [-0.4, -0.2) is 56.3 Å². The third kappa shape index (κ3) is 6.57. The van der Waals surface area contributed by atoms with Gasteiger partial charge in [0.05, 0.1) is 40.8 Å². The number of benzene rings is 1. The Morgan fingerprint density at radius 3 is 2.56 bits per heavy atom. The molecule has 11 nitrogen and oxygen atoms in total. The number of aliphatic imine (C=N–C) groups is 1. The van der Waals surface area contributed by atoms with E-state index in [1.54, 1.807) is 25.6 Å². The summed E-state index contributed by atoms with van der Waals surface area (Å²) in [5.74, 6) is 0.881. The lowest BCUT2D eigenvalue weighted by Gasteiger charge is -2.28. The summed E-state index contributed by atoms with van der Waals surface area (Å²) in [6.45, 7) is -0.250. The van der Waals surface area contributed by atoms with Gasteiger partial charge in [0.2, 0.25) is 5.88 Å². The molecular weight excluding hydrogens is 522 g/mol. The van der Waals surface area contributed by atoms with Crippen LogP contribution in [0.5, 0.6) is 11.6 Å². The minimum absolute atomic E-state index is 0.0622. The van der Waals surface area contributed by atoms with Gasteiger partial charge in [-0.15, -0.1) is 0 Å². The Labute approximate surface area is 230 Å². The molecule has 1 fully saturated rings. The average Bonchev–Trinajstić information content (AvgIpc) is 3.37. The Morgan fingerprint density at radius 2 is 1.92 bits per heavy atom. The molecule has 0 bridgehead atoms. The lowest BCUT2D eigenvalue weighted by molar-refractivity contribution is -0.122. The van der Waals surface area contributed by atoms with Gasteiger partial charge in [0.25, 0.3) is 6.47 Å². The zero-order valence-corrected chi connectivity index (χ0v) is 22.0. The molecule has 3 heterocycles. The Morgan fingerprint density at radius 1 is 1.18 bits per heavy atom. The zero-order valence-electron chi connectivity index (χ0n) is 21.3. The van der Waals surface area contributed by atoms with Crippen molar-refractivity contribution in [2.45, 2.75) is 37.8 Å². The molecular formula is C27H30ClN7O4. The molecule has 1 aliphatic carbocycles. The molecule has 12 heteroatoms. The maximum atomic E-state index is 9.67. The van der Waals surface area contributed by atoms with Crippen molar-refractivity contribution in [1.29, 1.82) is 0 Å². The van der Waals surface area contributed by atoms with E-state index in [9.17, 15) is 5.11 Å². The van der Waals surface area contributed by atoms with Crippen molar-refractivity contribution < 1.29 is 19.7 Å². The number of anilines is 1. The summed E-state index contributed by atoms with van der Waals surface area (Å²) in [6, 6.07) is 10.9. The topological polar surface area (TPSA) is 173 Å². The van der Waals surface area contributed by atoms with Gasteiger partial charge >= 0.3 is 0 Å². The summed E-state index contributed by atoms with van der Waals surface area (Å²) < 4.78 is 7.00. The number of pyridine rings is 1. The number of carbonyl (C=O) groups is 1. The molecule has 0 aliphatic heterocycles. The SMILES string of the molecule is COc1ccc(-c2cc3c(NC4CCC(N)CC4)c(C(N)=Nc4ccc(O)cc4Cl)cnn3c2)cn1.O=CO. The highest BCUT2D eigenvalue weighted by molar-refractivity contribution is 6.33. The van der Waals surface area contributed by atoms with Gasteiger partial charge in [-0.1, -0.05) is 11.6 Å². The van der Waals surface area contributed by atoms with Gasteiger partial charge in [-0.2, -0.15) is 5.10 Å². The van der Waals surface area contributed by atoms with Gasteiger partial charge < -0.3 is 31.7 Å². The molecule has 204 valence electrons. The van der Waals surface area contributed by atoms with Gasteiger partial charge in [-0.05, 0) is 49.9 Å². The Bertz CT molecular complexity index is 1470. The van der Waals surface area contributed by atoms with Crippen LogP contribution in [-0.2, 0) is 4.79 Å². The number of aromatic nitrogens is 3. The maximum Gasteiger partial charge on any atom is 0.290 e. The number of ether oxygens (including phenoxy) is 1. The first-order chi connectivity index (χ1) is 18.8. The summed E-state index contributed by atoms with van der Waals surface area (Å²) in [5.41, 5.74) is 17.4. The quantitative estimate of drug-likeness (QED) is 0.134. The highest BCUT2D eigenvalue weighted by Gasteiger charge is 2.22. The lowest BCUT2D eigenvalue weighted by atomic mass is 9.91. The average molecular weight is 552 g/mol. The number of nitrogens with zero attached hydrogens (tertiary/aromatic N) is 4.